The van der Waals surface area contributed by atoms with Gasteiger partial charge in [0.2, 0.25) is 7.01 Å². The van der Waals surface area contributed by atoms with Crippen molar-refractivity contribution in [1.82, 2.24) is 0 Å². The number of hydrogen-bond donors (Lipinski definition) is 0. The van der Waals surface area contributed by atoms with Crippen molar-refractivity contribution in [3.63, 3.8) is 0 Å². The fourth-order valence-electron chi connectivity index (χ4n) is 0.238. The lowest BCUT2D eigenvalue weighted by Crippen LogP contribution is -2.12. The van der Waals surface area contributed by atoms with Gasteiger partial charge in [-0.1, -0.05) is 0 Å². The SMILES string of the molecule is O=S(=O)(I)CCC(F)(F)F. The molecular formula is C3H4F3IO2S. The highest BCUT2D eigenvalue weighted by molar-refractivity contribution is 14.2. The zero-order valence-corrected chi connectivity index (χ0v) is 7.62. The molecule has 10 heavy (non-hydrogen) atoms. The van der Waals surface area contributed by atoms with Crippen LogP contribution in [0.15, 0.2) is 0 Å². The van der Waals surface area contributed by atoms with E-state index in [2.05, 4.69) is 0 Å². The first-order valence-electron chi connectivity index (χ1n) is 2.20. The Labute approximate surface area is 68.3 Å². The van der Waals surface area contributed by atoms with Gasteiger partial charge in [-0.2, -0.15) is 13.2 Å². The minimum atomic E-state index is -4.38. The number of alkyl halides is 3. The molecule has 0 aromatic carbocycles. The molecule has 0 bridgehead atoms. The van der Waals surface area contributed by atoms with Crippen LogP contribution in [0.4, 0.5) is 13.2 Å². The molecule has 0 aliphatic rings. The van der Waals surface area contributed by atoms with Crippen LogP contribution in [0.1, 0.15) is 6.42 Å². The van der Waals surface area contributed by atoms with Crippen molar-refractivity contribution >= 4 is 28.2 Å². The Morgan fingerprint density at radius 2 is 1.70 bits per heavy atom. The van der Waals surface area contributed by atoms with E-state index in [1.807, 2.05) is 0 Å². The van der Waals surface area contributed by atoms with E-state index in [1.54, 1.807) is 0 Å². The molecule has 0 aliphatic heterocycles. The van der Waals surface area contributed by atoms with E-state index in [-0.39, 0.29) is 0 Å². The molecule has 0 rings (SSSR count). The van der Waals surface area contributed by atoms with Crippen molar-refractivity contribution in [3.05, 3.63) is 0 Å². The maximum atomic E-state index is 11.3. The van der Waals surface area contributed by atoms with Crippen LogP contribution in [0.5, 0.6) is 0 Å². The molecule has 0 aliphatic carbocycles. The zero-order chi connectivity index (χ0) is 8.41. The summed E-state index contributed by atoms with van der Waals surface area (Å²) in [4.78, 5) is 0. The Bertz CT molecular complexity index is 194. The summed E-state index contributed by atoms with van der Waals surface area (Å²) in [5.74, 6) is -0.836. The molecule has 0 aromatic rings. The second-order valence-corrected chi connectivity index (χ2v) is 7.12. The second-order valence-electron chi connectivity index (χ2n) is 1.61. The lowest BCUT2D eigenvalue weighted by Gasteiger charge is -2.02. The third-order valence-corrected chi connectivity index (χ3v) is 2.64. The highest BCUT2D eigenvalue weighted by Crippen LogP contribution is 2.21. The fourth-order valence-corrected chi connectivity index (χ4v) is 1.37. The third kappa shape index (κ3) is 8.47. The van der Waals surface area contributed by atoms with Crippen LogP contribution < -0.4 is 0 Å². The molecule has 0 amide bonds. The minimum absolute atomic E-state index is 0.836. The van der Waals surface area contributed by atoms with Crippen molar-refractivity contribution in [2.45, 2.75) is 12.6 Å². The van der Waals surface area contributed by atoms with Gasteiger partial charge in [0.1, 0.15) is 0 Å². The minimum Gasteiger partial charge on any atom is -0.218 e. The van der Waals surface area contributed by atoms with E-state index in [9.17, 15) is 21.6 Å². The Balaban J connectivity index is 3.79. The maximum absolute atomic E-state index is 11.3. The average molecular weight is 288 g/mol. The smallest absolute Gasteiger partial charge is 0.218 e. The van der Waals surface area contributed by atoms with Gasteiger partial charge in [0.15, 0.2) is 0 Å². The van der Waals surface area contributed by atoms with Crippen molar-refractivity contribution in [2.75, 3.05) is 5.75 Å². The first-order valence-corrected chi connectivity index (χ1v) is 6.39. The van der Waals surface area contributed by atoms with Gasteiger partial charge in [-0.3, -0.25) is 0 Å². The summed E-state index contributed by atoms with van der Waals surface area (Å²) in [5.41, 5.74) is 0. The molecule has 0 atom stereocenters. The average Bonchev–Trinajstić information content (AvgIpc) is 1.57. The van der Waals surface area contributed by atoms with Crippen LogP contribution in [0, 0.1) is 0 Å². The molecule has 0 radical (unpaired) electrons. The van der Waals surface area contributed by atoms with Crippen LogP contribution in [-0.2, 0) is 7.01 Å². The van der Waals surface area contributed by atoms with E-state index in [0.29, 0.717) is 0 Å². The molecule has 0 heterocycles. The van der Waals surface area contributed by atoms with E-state index < -0.39 is 25.4 Å². The molecule has 2 nitrogen and oxygen atoms in total. The monoisotopic (exact) mass is 288 g/mol. The fraction of sp³-hybridized carbons (Fsp3) is 1.00. The van der Waals surface area contributed by atoms with Gasteiger partial charge >= 0.3 is 6.18 Å². The van der Waals surface area contributed by atoms with Gasteiger partial charge in [-0.15, -0.1) is 0 Å². The van der Waals surface area contributed by atoms with Crippen LogP contribution in [0.2, 0.25) is 0 Å². The van der Waals surface area contributed by atoms with Crippen LogP contribution >= 0.6 is 21.2 Å². The molecule has 0 spiro atoms. The van der Waals surface area contributed by atoms with Gasteiger partial charge in [-0.25, -0.2) is 8.42 Å². The molecule has 0 aromatic heterocycles. The summed E-state index contributed by atoms with van der Waals surface area (Å²) >= 11 is 0.989. The molecule has 62 valence electrons. The summed E-state index contributed by atoms with van der Waals surface area (Å²) in [6.07, 6.45) is -5.64. The van der Waals surface area contributed by atoms with E-state index in [1.165, 1.54) is 0 Å². The number of rotatable bonds is 2. The van der Waals surface area contributed by atoms with Gasteiger partial charge in [0.05, 0.1) is 33.4 Å². The predicted octanol–water partition coefficient (Wildman–Crippen LogP) is 1.70. The van der Waals surface area contributed by atoms with Crippen molar-refractivity contribution in [2.24, 2.45) is 0 Å². The summed E-state index contributed by atoms with van der Waals surface area (Å²) in [7, 11) is -3.51. The molecule has 0 unspecified atom stereocenters. The van der Waals surface area contributed by atoms with Gasteiger partial charge in [-0.05, 0) is 0 Å². The van der Waals surface area contributed by atoms with Crippen molar-refractivity contribution in [1.29, 1.82) is 0 Å². The van der Waals surface area contributed by atoms with E-state index >= 15 is 0 Å². The molecular weight excluding hydrogens is 284 g/mol. The van der Waals surface area contributed by atoms with Crippen LogP contribution in [0.25, 0.3) is 0 Å². The van der Waals surface area contributed by atoms with Crippen LogP contribution in [-0.4, -0.2) is 20.3 Å². The number of halogens is 4. The standard InChI is InChI=1S/C3H4F3IO2S/c4-3(5,6)1-2-10(7,8)9/h1-2H2. The summed E-state index contributed by atoms with van der Waals surface area (Å²) < 4.78 is 54.3. The molecule has 7 heteroatoms. The predicted molar refractivity (Wildman–Crippen MR) is 38.5 cm³/mol. The third-order valence-electron chi connectivity index (χ3n) is 0.629. The molecule has 0 N–H and O–H groups in total. The summed E-state index contributed by atoms with van der Waals surface area (Å²) in [6, 6.07) is 0. The summed E-state index contributed by atoms with van der Waals surface area (Å²) in [6.45, 7) is 0. The molecule has 0 fully saturated rings. The lowest BCUT2D eigenvalue weighted by molar-refractivity contribution is -0.129. The quantitative estimate of drug-likeness (QED) is 0.572. The topological polar surface area (TPSA) is 34.1 Å². The number of hydrogen-bond acceptors (Lipinski definition) is 2. The Kier molecular flexibility index (Phi) is 3.40. The second kappa shape index (κ2) is 3.24. The van der Waals surface area contributed by atoms with Crippen LogP contribution in [0.3, 0.4) is 0 Å². The zero-order valence-electron chi connectivity index (χ0n) is 4.65. The normalized spacial score (nSPS) is 13.6. The van der Waals surface area contributed by atoms with Gasteiger partial charge < -0.3 is 0 Å². The Morgan fingerprint density at radius 3 is 1.80 bits per heavy atom. The van der Waals surface area contributed by atoms with E-state index in [4.69, 9.17) is 0 Å². The van der Waals surface area contributed by atoms with E-state index in [0.717, 1.165) is 21.2 Å². The first-order chi connectivity index (χ1) is 4.21. The highest BCUT2D eigenvalue weighted by atomic mass is 127. The van der Waals surface area contributed by atoms with Crippen molar-refractivity contribution in [3.8, 4) is 0 Å². The largest absolute Gasteiger partial charge is 0.390 e. The Morgan fingerprint density at radius 1 is 1.30 bits per heavy atom. The van der Waals surface area contributed by atoms with Crippen molar-refractivity contribution < 1.29 is 21.6 Å². The molecule has 0 saturated carbocycles. The summed E-state index contributed by atoms with van der Waals surface area (Å²) in [5, 5.41) is 0. The first kappa shape index (κ1) is 10.5. The van der Waals surface area contributed by atoms with Gasteiger partial charge in [0.25, 0.3) is 0 Å². The highest BCUT2D eigenvalue weighted by Gasteiger charge is 2.28. The Hall–Kier alpha value is 0.470. The van der Waals surface area contributed by atoms with Gasteiger partial charge in [0, 0.05) is 0 Å². The molecule has 0 saturated heterocycles. The lowest BCUT2D eigenvalue weighted by atomic mass is 10.5. The maximum Gasteiger partial charge on any atom is 0.390 e.